The zero-order valence-corrected chi connectivity index (χ0v) is 25.2. The van der Waals surface area contributed by atoms with Crippen LogP contribution in [0.25, 0.3) is 0 Å². The number of likely N-dealkylation sites (tertiary alicyclic amines) is 1. The quantitative estimate of drug-likeness (QED) is 0.466. The highest BCUT2D eigenvalue weighted by atomic mass is 32.2. The van der Waals surface area contributed by atoms with Crippen LogP contribution in [-0.2, 0) is 27.5 Å². The van der Waals surface area contributed by atoms with Crippen LogP contribution in [0, 0.1) is 5.92 Å². The molecule has 0 aromatic heterocycles. The van der Waals surface area contributed by atoms with Crippen LogP contribution >= 0.6 is 0 Å². The summed E-state index contributed by atoms with van der Waals surface area (Å²) in [7, 11) is -4.02. The molecule has 1 saturated carbocycles. The van der Waals surface area contributed by atoms with Gasteiger partial charge in [0.1, 0.15) is 11.8 Å². The van der Waals surface area contributed by atoms with Crippen molar-refractivity contribution in [1.82, 2.24) is 14.1 Å². The molecule has 43 heavy (non-hydrogen) atoms. The zero-order chi connectivity index (χ0) is 30.6. The highest BCUT2D eigenvalue weighted by Crippen LogP contribution is 2.30. The van der Waals surface area contributed by atoms with Gasteiger partial charge in [-0.2, -0.15) is 17.5 Å². The minimum Gasteiger partial charge on any atom is -0.493 e. The van der Waals surface area contributed by atoms with E-state index in [1.807, 2.05) is 4.90 Å². The van der Waals surface area contributed by atoms with Crippen molar-refractivity contribution in [2.45, 2.75) is 74.6 Å². The van der Waals surface area contributed by atoms with Crippen LogP contribution in [0.15, 0.2) is 53.4 Å². The number of nitrogens with two attached hydrogens (primary N) is 1. The molecule has 2 aliphatic heterocycles. The first-order chi connectivity index (χ1) is 20.5. The Morgan fingerprint density at radius 3 is 2.16 bits per heavy atom. The number of nitrogens with zero attached hydrogens (tertiary/aromatic N) is 3. The number of halogens is 3. The predicted molar refractivity (Wildman–Crippen MR) is 157 cm³/mol. The Morgan fingerprint density at radius 1 is 0.884 bits per heavy atom. The molecule has 8 nitrogen and oxygen atoms in total. The maximum Gasteiger partial charge on any atom is 0.416 e. The van der Waals surface area contributed by atoms with Gasteiger partial charge in [0, 0.05) is 45.3 Å². The third kappa shape index (κ3) is 7.89. The molecule has 1 amide bonds. The molecular formula is C31H41F3N4O4S. The van der Waals surface area contributed by atoms with Gasteiger partial charge in [-0.1, -0.05) is 31.4 Å². The largest absolute Gasteiger partial charge is 0.493 e. The lowest BCUT2D eigenvalue weighted by Crippen LogP contribution is -2.61. The number of rotatable bonds is 8. The van der Waals surface area contributed by atoms with Crippen LogP contribution in [0.5, 0.6) is 5.75 Å². The van der Waals surface area contributed by atoms with Crippen molar-refractivity contribution in [3.63, 3.8) is 0 Å². The average Bonchev–Trinajstić information content (AvgIpc) is 3.00. The Bertz CT molecular complexity index is 1320. The van der Waals surface area contributed by atoms with Gasteiger partial charge in [-0.05, 0) is 73.6 Å². The zero-order valence-electron chi connectivity index (χ0n) is 24.3. The summed E-state index contributed by atoms with van der Waals surface area (Å²) in [6.07, 6.45) is 2.85. The molecule has 2 heterocycles. The van der Waals surface area contributed by atoms with Gasteiger partial charge in [0.15, 0.2) is 0 Å². The monoisotopic (exact) mass is 622 g/mol. The molecule has 1 atom stereocenters. The maximum atomic E-state index is 13.9. The van der Waals surface area contributed by atoms with Crippen LogP contribution in [-0.4, -0.2) is 79.8 Å². The van der Waals surface area contributed by atoms with Gasteiger partial charge in [0.2, 0.25) is 15.9 Å². The Kier molecular flexibility index (Phi) is 10.00. The number of hydrogen-bond donors (Lipinski definition) is 1. The van der Waals surface area contributed by atoms with Crippen LogP contribution in [0.4, 0.5) is 13.2 Å². The molecule has 2 aromatic carbocycles. The molecular weight excluding hydrogens is 581 g/mol. The molecule has 5 rings (SSSR count). The third-order valence-corrected chi connectivity index (χ3v) is 10.8. The second-order valence-electron chi connectivity index (χ2n) is 12.0. The number of carbonyl (C=O) groups excluding carboxylic acids is 1. The molecule has 2 aromatic rings. The summed E-state index contributed by atoms with van der Waals surface area (Å²) >= 11 is 0. The summed E-state index contributed by atoms with van der Waals surface area (Å²) in [4.78, 5) is 17.5. The van der Waals surface area contributed by atoms with E-state index in [2.05, 4.69) is 0 Å². The number of ether oxygens (including phenoxy) is 1. The molecule has 0 spiro atoms. The lowest BCUT2D eigenvalue weighted by molar-refractivity contribution is -0.138. The smallest absolute Gasteiger partial charge is 0.416 e. The summed E-state index contributed by atoms with van der Waals surface area (Å²) in [5, 5.41) is 0. The molecule has 0 bridgehead atoms. The number of sulfonamides is 1. The Labute approximate surface area is 252 Å². The van der Waals surface area contributed by atoms with Crippen molar-refractivity contribution < 1.29 is 31.1 Å². The van der Waals surface area contributed by atoms with E-state index in [0.717, 1.165) is 25.0 Å². The Hall–Kier alpha value is -2.67. The SMILES string of the molecule is NC1CCN(C(=O)C2CN(Cc3ccc(C(F)(F)F)cc3)CCN2S(=O)(=O)c2ccc(OCC3CCCCC3)cc2)CC1. The molecule has 2 saturated heterocycles. The van der Waals surface area contributed by atoms with Gasteiger partial charge in [0.05, 0.1) is 17.1 Å². The van der Waals surface area contributed by atoms with Gasteiger partial charge < -0.3 is 15.4 Å². The molecule has 12 heteroatoms. The first kappa shape index (κ1) is 31.7. The van der Waals surface area contributed by atoms with Crippen molar-refractivity contribution in [3.8, 4) is 5.75 Å². The number of hydrogen-bond acceptors (Lipinski definition) is 6. The summed E-state index contributed by atoms with van der Waals surface area (Å²) in [5.41, 5.74) is 5.96. The number of benzene rings is 2. The molecule has 3 aliphatic rings. The number of alkyl halides is 3. The summed E-state index contributed by atoms with van der Waals surface area (Å²) in [5.74, 6) is 0.857. The Morgan fingerprint density at radius 2 is 1.53 bits per heavy atom. The van der Waals surface area contributed by atoms with Crippen molar-refractivity contribution in [1.29, 1.82) is 0 Å². The van der Waals surface area contributed by atoms with Crippen molar-refractivity contribution in [2.24, 2.45) is 11.7 Å². The van der Waals surface area contributed by atoms with Gasteiger partial charge >= 0.3 is 6.18 Å². The van der Waals surface area contributed by atoms with Crippen LogP contribution in [0.3, 0.4) is 0 Å². The number of carbonyl (C=O) groups is 1. The fraction of sp³-hybridized carbons (Fsp3) is 0.581. The summed E-state index contributed by atoms with van der Waals surface area (Å²) < 4.78 is 74.1. The number of amides is 1. The number of piperazine rings is 1. The van der Waals surface area contributed by atoms with Crippen molar-refractivity contribution in [2.75, 3.05) is 39.3 Å². The highest BCUT2D eigenvalue weighted by Gasteiger charge is 2.42. The molecule has 3 fully saturated rings. The molecule has 236 valence electrons. The minimum atomic E-state index is -4.42. The lowest BCUT2D eigenvalue weighted by atomic mass is 9.90. The van der Waals surface area contributed by atoms with E-state index < -0.39 is 27.8 Å². The lowest BCUT2D eigenvalue weighted by Gasteiger charge is -2.42. The standard InChI is InChI=1S/C31H41F3N4O4S/c32-31(33,34)25-8-6-23(7-9-25)20-36-18-19-38(29(21-36)30(39)37-16-14-26(35)15-17-37)43(40,41)28-12-10-27(11-13-28)42-22-24-4-2-1-3-5-24/h6-13,24,26,29H,1-5,14-22,35H2. The van der Waals surface area contributed by atoms with E-state index in [9.17, 15) is 26.4 Å². The topological polar surface area (TPSA) is 96.2 Å². The van der Waals surface area contributed by atoms with Crippen molar-refractivity contribution in [3.05, 3.63) is 59.7 Å². The molecule has 0 radical (unpaired) electrons. The molecule has 1 unspecified atom stereocenters. The predicted octanol–water partition coefficient (Wildman–Crippen LogP) is 4.49. The maximum absolute atomic E-state index is 13.9. The summed E-state index contributed by atoms with van der Waals surface area (Å²) in [6, 6.07) is 10.4. The first-order valence-corrected chi connectivity index (χ1v) is 16.6. The normalized spacial score (nSPS) is 22.0. The average molecular weight is 623 g/mol. The van der Waals surface area contributed by atoms with E-state index in [4.69, 9.17) is 10.5 Å². The first-order valence-electron chi connectivity index (χ1n) is 15.2. The van der Waals surface area contributed by atoms with Gasteiger partial charge in [-0.15, -0.1) is 0 Å². The van der Waals surface area contributed by atoms with E-state index in [-0.39, 0.29) is 29.9 Å². The highest BCUT2D eigenvalue weighted by molar-refractivity contribution is 7.89. The van der Waals surface area contributed by atoms with E-state index in [1.165, 1.54) is 47.8 Å². The fourth-order valence-corrected chi connectivity index (χ4v) is 7.82. The number of piperidine rings is 1. The molecule has 2 N–H and O–H groups in total. The van der Waals surface area contributed by atoms with Crippen LogP contribution in [0.2, 0.25) is 0 Å². The van der Waals surface area contributed by atoms with E-state index in [1.54, 1.807) is 17.0 Å². The van der Waals surface area contributed by atoms with Gasteiger partial charge in [-0.3, -0.25) is 9.69 Å². The molecule has 1 aliphatic carbocycles. The van der Waals surface area contributed by atoms with Gasteiger partial charge in [-0.25, -0.2) is 8.42 Å². The third-order valence-electron chi connectivity index (χ3n) is 8.88. The second kappa shape index (κ2) is 13.5. The van der Waals surface area contributed by atoms with E-state index in [0.29, 0.717) is 62.9 Å². The van der Waals surface area contributed by atoms with E-state index >= 15 is 0 Å². The second-order valence-corrected chi connectivity index (χ2v) is 13.9. The summed E-state index contributed by atoms with van der Waals surface area (Å²) in [6.45, 7) is 2.36. The van der Waals surface area contributed by atoms with Crippen LogP contribution < -0.4 is 10.5 Å². The van der Waals surface area contributed by atoms with Crippen molar-refractivity contribution >= 4 is 15.9 Å². The van der Waals surface area contributed by atoms with Gasteiger partial charge in [0.25, 0.3) is 0 Å². The minimum absolute atomic E-state index is 0.00487. The fourth-order valence-electron chi connectivity index (χ4n) is 6.25. The van der Waals surface area contributed by atoms with Crippen LogP contribution in [0.1, 0.15) is 56.1 Å². The Balaban J connectivity index is 1.31.